The first kappa shape index (κ1) is 8.49. The number of nitrogens with zero attached hydrogens (tertiary/aromatic N) is 1. The highest BCUT2D eigenvalue weighted by Crippen LogP contribution is 2.09. The van der Waals surface area contributed by atoms with Crippen LogP contribution in [-0.4, -0.2) is 41.1 Å². The SMILES string of the molecule is C[C@@H](N)C(=O)N1CCC(O)C1. The van der Waals surface area contributed by atoms with E-state index in [-0.39, 0.29) is 12.0 Å². The second-order valence-electron chi connectivity index (χ2n) is 3.02. The standard InChI is InChI=1S/C7H14N2O2/c1-5(8)7(11)9-3-2-6(10)4-9/h5-6,10H,2-4,8H2,1H3/t5-,6?/m1/s1. The molecule has 3 N–H and O–H groups in total. The minimum Gasteiger partial charge on any atom is -0.391 e. The van der Waals surface area contributed by atoms with Gasteiger partial charge in [-0.3, -0.25) is 4.79 Å². The molecule has 64 valence electrons. The summed E-state index contributed by atoms with van der Waals surface area (Å²) in [6.07, 6.45) is 0.330. The Morgan fingerprint density at radius 1 is 1.82 bits per heavy atom. The molecule has 1 rings (SSSR count). The van der Waals surface area contributed by atoms with Crippen LogP contribution in [0.25, 0.3) is 0 Å². The van der Waals surface area contributed by atoms with Crippen LogP contribution in [0.15, 0.2) is 0 Å². The van der Waals surface area contributed by atoms with Crippen molar-refractivity contribution in [2.45, 2.75) is 25.5 Å². The molecule has 2 atom stereocenters. The lowest BCUT2D eigenvalue weighted by Gasteiger charge is -2.17. The Labute approximate surface area is 66.0 Å². The summed E-state index contributed by atoms with van der Waals surface area (Å²) in [5.41, 5.74) is 5.39. The zero-order valence-corrected chi connectivity index (χ0v) is 6.66. The molecular formula is C7H14N2O2. The largest absolute Gasteiger partial charge is 0.391 e. The van der Waals surface area contributed by atoms with Gasteiger partial charge in [0.1, 0.15) is 0 Å². The molecule has 1 aliphatic heterocycles. The zero-order valence-electron chi connectivity index (χ0n) is 6.66. The summed E-state index contributed by atoms with van der Waals surface area (Å²) >= 11 is 0. The highest BCUT2D eigenvalue weighted by atomic mass is 16.3. The molecule has 1 amide bonds. The van der Waals surface area contributed by atoms with E-state index in [9.17, 15) is 4.79 Å². The van der Waals surface area contributed by atoms with Crippen LogP contribution in [0.1, 0.15) is 13.3 Å². The number of amides is 1. The summed E-state index contributed by atoms with van der Waals surface area (Å²) in [5, 5.41) is 9.10. The van der Waals surface area contributed by atoms with Gasteiger partial charge in [-0.15, -0.1) is 0 Å². The van der Waals surface area contributed by atoms with E-state index in [0.717, 1.165) is 0 Å². The highest BCUT2D eigenvalue weighted by molar-refractivity contribution is 5.81. The molecule has 0 saturated carbocycles. The van der Waals surface area contributed by atoms with Gasteiger partial charge >= 0.3 is 0 Å². The third kappa shape index (κ3) is 1.91. The number of hydrogen-bond acceptors (Lipinski definition) is 3. The highest BCUT2D eigenvalue weighted by Gasteiger charge is 2.25. The van der Waals surface area contributed by atoms with Crippen molar-refractivity contribution in [3.8, 4) is 0 Å². The van der Waals surface area contributed by atoms with E-state index in [4.69, 9.17) is 10.8 Å². The maximum absolute atomic E-state index is 11.2. The summed E-state index contributed by atoms with van der Waals surface area (Å²) in [5.74, 6) is -0.0680. The molecule has 1 saturated heterocycles. The summed E-state index contributed by atoms with van der Waals surface area (Å²) in [7, 11) is 0. The van der Waals surface area contributed by atoms with Gasteiger partial charge in [0.15, 0.2) is 0 Å². The Balaban J connectivity index is 2.43. The fourth-order valence-corrected chi connectivity index (χ4v) is 1.23. The molecule has 0 aromatic heterocycles. The summed E-state index contributed by atoms with van der Waals surface area (Å²) in [4.78, 5) is 12.8. The van der Waals surface area contributed by atoms with Crippen LogP contribution < -0.4 is 5.73 Å². The first-order valence-electron chi connectivity index (χ1n) is 3.83. The maximum atomic E-state index is 11.2. The first-order valence-corrected chi connectivity index (χ1v) is 3.83. The Hall–Kier alpha value is -0.610. The predicted molar refractivity (Wildman–Crippen MR) is 40.9 cm³/mol. The zero-order chi connectivity index (χ0) is 8.43. The van der Waals surface area contributed by atoms with Crippen molar-refractivity contribution >= 4 is 5.91 Å². The van der Waals surface area contributed by atoms with Gasteiger partial charge in [-0.1, -0.05) is 0 Å². The van der Waals surface area contributed by atoms with E-state index in [0.29, 0.717) is 19.5 Å². The molecule has 4 heteroatoms. The summed E-state index contributed by atoms with van der Waals surface area (Å²) in [6.45, 7) is 2.74. The van der Waals surface area contributed by atoms with Crippen LogP contribution in [0, 0.1) is 0 Å². The third-order valence-corrected chi connectivity index (χ3v) is 1.86. The quantitative estimate of drug-likeness (QED) is 0.510. The number of carbonyl (C=O) groups excluding carboxylic acids is 1. The number of aliphatic hydroxyl groups is 1. The van der Waals surface area contributed by atoms with Crippen molar-refractivity contribution in [1.82, 2.24) is 4.90 Å². The average Bonchev–Trinajstić information content (AvgIpc) is 2.34. The average molecular weight is 158 g/mol. The van der Waals surface area contributed by atoms with Gasteiger partial charge in [-0.25, -0.2) is 0 Å². The van der Waals surface area contributed by atoms with Gasteiger partial charge in [-0.2, -0.15) is 0 Å². The van der Waals surface area contributed by atoms with Gasteiger partial charge in [-0.05, 0) is 13.3 Å². The molecule has 11 heavy (non-hydrogen) atoms. The molecule has 4 nitrogen and oxygen atoms in total. The minimum atomic E-state index is -0.444. The molecule has 1 fully saturated rings. The van der Waals surface area contributed by atoms with Crippen molar-refractivity contribution < 1.29 is 9.90 Å². The predicted octanol–water partition coefficient (Wildman–Crippen LogP) is -1.07. The van der Waals surface area contributed by atoms with Crippen LogP contribution >= 0.6 is 0 Å². The number of likely N-dealkylation sites (tertiary alicyclic amines) is 1. The summed E-state index contributed by atoms with van der Waals surface area (Å²) < 4.78 is 0. The van der Waals surface area contributed by atoms with Gasteiger partial charge in [0.25, 0.3) is 0 Å². The topological polar surface area (TPSA) is 66.6 Å². The van der Waals surface area contributed by atoms with E-state index in [1.54, 1.807) is 11.8 Å². The van der Waals surface area contributed by atoms with Crippen molar-refractivity contribution in [1.29, 1.82) is 0 Å². The van der Waals surface area contributed by atoms with E-state index < -0.39 is 6.04 Å². The lowest BCUT2D eigenvalue weighted by molar-refractivity contribution is -0.131. The second kappa shape index (κ2) is 3.19. The summed E-state index contributed by atoms with van der Waals surface area (Å²) in [6, 6.07) is -0.444. The smallest absolute Gasteiger partial charge is 0.239 e. The number of nitrogens with two attached hydrogens (primary N) is 1. The van der Waals surface area contributed by atoms with E-state index in [1.807, 2.05) is 0 Å². The monoisotopic (exact) mass is 158 g/mol. The normalized spacial score (nSPS) is 27.2. The van der Waals surface area contributed by atoms with Gasteiger partial charge in [0.05, 0.1) is 12.1 Å². The minimum absolute atomic E-state index is 0.0680. The molecule has 0 spiro atoms. The maximum Gasteiger partial charge on any atom is 0.239 e. The van der Waals surface area contributed by atoms with E-state index in [1.165, 1.54) is 0 Å². The lowest BCUT2D eigenvalue weighted by atomic mass is 10.3. The Bertz CT molecular complexity index is 159. The number of β-amino-alcohol motifs (C(OH)–C–C–N with tert-alkyl or cyclic N) is 1. The van der Waals surface area contributed by atoms with Crippen molar-refractivity contribution in [3.63, 3.8) is 0 Å². The molecule has 1 heterocycles. The van der Waals surface area contributed by atoms with E-state index in [2.05, 4.69) is 0 Å². The van der Waals surface area contributed by atoms with Gasteiger partial charge in [0, 0.05) is 13.1 Å². The van der Waals surface area contributed by atoms with Crippen molar-refractivity contribution in [2.75, 3.05) is 13.1 Å². The molecule has 0 bridgehead atoms. The molecule has 0 aromatic carbocycles. The molecular weight excluding hydrogens is 144 g/mol. The van der Waals surface area contributed by atoms with Gasteiger partial charge in [0.2, 0.25) is 5.91 Å². The lowest BCUT2D eigenvalue weighted by Crippen LogP contribution is -2.41. The van der Waals surface area contributed by atoms with Crippen LogP contribution in [0.5, 0.6) is 0 Å². The molecule has 0 aromatic rings. The first-order chi connectivity index (χ1) is 5.11. The van der Waals surface area contributed by atoms with E-state index >= 15 is 0 Å². The molecule has 0 radical (unpaired) electrons. The van der Waals surface area contributed by atoms with Gasteiger partial charge < -0.3 is 15.7 Å². The third-order valence-electron chi connectivity index (χ3n) is 1.86. The fourth-order valence-electron chi connectivity index (χ4n) is 1.23. The number of carbonyl (C=O) groups is 1. The fraction of sp³-hybridized carbons (Fsp3) is 0.857. The van der Waals surface area contributed by atoms with Crippen molar-refractivity contribution in [2.24, 2.45) is 5.73 Å². The van der Waals surface area contributed by atoms with Crippen LogP contribution in [0.3, 0.4) is 0 Å². The number of rotatable bonds is 1. The van der Waals surface area contributed by atoms with Crippen LogP contribution in [0.2, 0.25) is 0 Å². The number of aliphatic hydroxyl groups excluding tert-OH is 1. The second-order valence-corrected chi connectivity index (χ2v) is 3.02. The Kier molecular flexibility index (Phi) is 2.46. The molecule has 1 unspecified atom stereocenters. The molecule has 0 aliphatic carbocycles. The molecule has 1 aliphatic rings. The van der Waals surface area contributed by atoms with Crippen molar-refractivity contribution in [3.05, 3.63) is 0 Å². The van der Waals surface area contributed by atoms with Crippen LogP contribution in [-0.2, 0) is 4.79 Å². The van der Waals surface area contributed by atoms with Crippen LogP contribution in [0.4, 0.5) is 0 Å². The Morgan fingerprint density at radius 3 is 2.82 bits per heavy atom. The Morgan fingerprint density at radius 2 is 2.45 bits per heavy atom. The number of hydrogen-bond donors (Lipinski definition) is 2.